The quantitative estimate of drug-likeness (QED) is 0.786. The van der Waals surface area contributed by atoms with E-state index in [9.17, 15) is 9.59 Å². The summed E-state index contributed by atoms with van der Waals surface area (Å²) in [7, 11) is 0. The monoisotopic (exact) mass is 342 g/mol. The van der Waals surface area contributed by atoms with Crippen molar-refractivity contribution < 1.29 is 14.3 Å². The Labute approximate surface area is 148 Å². The zero-order valence-corrected chi connectivity index (χ0v) is 14.8. The van der Waals surface area contributed by atoms with Gasteiger partial charge in [0.15, 0.2) is 0 Å². The minimum Gasteiger partial charge on any atom is -0.371 e. The Morgan fingerprint density at radius 1 is 1.00 bits per heavy atom. The summed E-state index contributed by atoms with van der Waals surface area (Å²) in [6, 6.07) is 10.3. The molecule has 3 aliphatic rings. The van der Waals surface area contributed by atoms with Crippen LogP contribution in [0.25, 0.3) is 0 Å². The number of nitrogens with zero attached hydrogens (tertiary/aromatic N) is 2. The molecule has 1 aromatic rings. The van der Waals surface area contributed by atoms with E-state index in [4.69, 9.17) is 4.74 Å². The molecule has 0 N–H and O–H groups in total. The van der Waals surface area contributed by atoms with Gasteiger partial charge in [0.05, 0.1) is 12.2 Å². The summed E-state index contributed by atoms with van der Waals surface area (Å²) in [4.78, 5) is 28.5. The van der Waals surface area contributed by atoms with E-state index in [1.807, 2.05) is 25.1 Å². The first-order valence-corrected chi connectivity index (χ1v) is 9.37. The van der Waals surface area contributed by atoms with E-state index < -0.39 is 0 Å². The van der Waals surface area contributed by atoms with E-state index in [1.54, 1.807) is 9.80 Å². The van der Waals surface area contributed by atoms with Crippen LogP contribution in [-0.2, 0) is 20.7 Å². The molecule has 1 aromatic carbocycles. The zero-order valence-electron chi connectivity index (χ0n) is 14.8. The first kappa shape index (κ1) is 16.6. The lowest BCUT2D eigenvalue weighted by molar-refractivity contribution is -0.162. The van der Waals surface area contributed by atoms with Gasteiger partial charge in [-0.3, -0.25) is 9.59 Å². The Bertz CT molecular complexity index is 638. The van der Waals surface area contributed by atoms with Gasteiger partial charge in [0.1, 0.15) is 0 Å². The number of benzene rings is 1. The molecule has 0 spiro atoms. The summed E-state index contributed by atoms with van der Waals surface area (Å²) in [5, 5.41) is 0. The number of morpholine rings is 1. The van der Waals surface area contributed by atoms with Crippen LogP contribution in [0.2, 0.25) is 0 Å². The average Bonchev–Trinajstić information content (AvgIpc) is 3.42. The van der Waals surface area contributed by atoms with Gasteiger partial charge in [-0.15, -0.1) is 0 Å². The third-order valence-electron chi connectivity index (χ3n) is 5.51. The molecule has 2 atom stereocenters. The molecule has 1 saturated carbocycles. The van der Waals surface area contributed by atoms with Crippen molar-refractivity contribution in [3.8, 4) is 0 Å². The van der Waals surface area contributed by atoms with E-state index >= 15 is 0 Å². The lowest BCUT2D eigenvalue weighted by atomic mass is 9.92. The van der Waals surface area contributed by atoms with Gasteiger partial charge in [-0.2, -0.15) is 0 Å². The molecule has 2 unspecified atom stereocenters. The maximum atomic E-state index is 12.6. The van der Waals surface area contributed by atoms with Crippen LogP contribution in [0.1, 0.15) is 25.3 Å². The third-order valence-corrected chi connectivity index (χ3v) is 5.51. The smallest absolute Gasteiger partial charge is 0.312 e. The van der Waals surface area contributed by atoms with Gasteiger partial charge in [-0.25, -0.2) is 0 Å². The van der Waals surface area contributed by atoms with Gasteiger partial charge in [0, 0.05) is 26.2 Å². The summed E-state index contributed by atoms with van der Waals surface area (Å²) in [6.07, 6.45) is 3.46. The van der Waals surface area contributed by atoms with E-state index in [2.05, 4.69) is 12.1 Å². The Hall–Kier alpha value is -1.88. The van der Waals surface area contributed by atoms with Crippen molar-refractivity contribution in [1.29, 1.82) is 0 Å². The molecule has 25 heavy (non-hydrogen) atoms. The first-order valence-electron chi connectivity index (χ1n) is 9.37. The number of carbonyl (C=O) groups excluding carboxylic acids is 2. The van der Waals surface area contributed by atoms with Crippen LogP contribution in [0.3, 0.4) is 0 Å². The van der Waals surface area contributed by atoms with Crippen LogP contribution in [0.15, 0.2) is 30.3 Å². The van der Waals surface area contributed by atoms with E-state index in [0.717, 1.165) is 6.42 Å². The second-order valence-corrected chi connectivity index (χ2v) is 7.80. The molecule has 5 heteroatoms. The van der Waals surface area contributed by atoms with Crippen LogP contribution in [-0.4, -0.2) is 60.0 Å². The Balaban J connectivity index is 1.28. The molecule has 0 bridgehead atoms. The maximum absolute atomic E-state index is 12.6. The molecule has 0 aromatic heterocycles. The summed E-state index contributed by atoms with van der Waals surface area (Å²) in [5.41, 5.74) is 1.29. The van der Waals surface area contributed by atoms with Gasteiger partial charge in [0.25, 0.3) is 0 Å². The van der Waals surface area contributed by atoms with Crippen molar-refractivity contribution >= 4 is 11.8 Å². The van der Waals surface area contributed by atoms with Crippen molar-refractivity contribution in [3.05, 3.63) is 35.9 Å². The van der Waals surface area contributed by atoms with Gasteiger partial charge in [-0.1, -0.05) is 30.3 Å². The first-order chi connectivity index (χ1) is 12.1. The van der Waals surface area contributed by atoms with Crippen molar-refractivity contribution in [2.75, 3.05) is 26.2 Å². The molecule has 4 rings (SSSR count). The molecule has 5 nitrogen and oxygen atoms in total. The predicted octanol–water partition coefficient (Wildman–Crippen LogP) is 1.71. The molecule has 0 radical (unpaired) electrons. The SMILES string of the molecule is CC1CN(C(=O)C(=O)N2CC(Cc3ccccc3)C2)CC(C2CC2)O1. The average molecular weight is 342 g/mol. The number of carbonyl (C=O) groups is 2. The second-order valence-electron chi connectivity index (χ2n) is 7.80. The van der Waals surface area contributed by atoms with Crippen LogP contribution in [0.4, 0.5) is 0 Å². The Morgan fingerprint density at radius 3 is 2.28 bits per heavy atom. The van der Waals surface area contributed by atoms with Gasteiger partial charge in [-0.05, 0) is 43.6 Å². The fourth-order valence-electron chi connectivity index (χ4n) is 3.96. The van der Waals surface area contributed by atoms with Crippen LogP contribution in [0.5, 0.6) is 0 Å². The van der Waals surface area contributed by atoms with Gasteiger partial charge in [0.2, 0.25) is 0 Å². The number of ether oxygens (including phenoxy) is 1. The third kappa shape index (κ3) is 3.71. The van der Waals surface area contributed by atoms with Crippen molar-refractivity contribution in [2.45, 2.75) is 38.4 Å². The fourth-order valence-corrected chi connectivity index (χ4v) is 3.96. The van der Waals surface area contributed by atoms with Crippen molar-refractivity contribution in [2.24, 2.45) is 11.8 Å². The number of likely N-dealkylation sites (tertiary alicyclic amines) is 1. The van der Waals surface area contributed by atoms with Crippen molar-refractivity contribution in [1.82, 2.24) is 9.80 Å². The molecule has 1 aliphatic carbocycles. The molecule has 2 aliphatic heterocycles. The standard InChI is InChI=1S/C20H26N2O3/c1-14-10-21(13-18(25-14)17-7-8-17)19(23)20(24)22-11-16(12-22)9-15-5-3-2-4-6-15/h2-6,14,16-18H,7-13H2,1H3. The highest BCUT2D eigenvalue weighted by Crippen LogP contribution is 2.36. The van der Waals surface area contributed by atoms with Crippen LogP contribution < -0.4 is 0 Å². The number of hydrogen-bond acceptors (Lipinski definition) is 3. The normalized spacial score (nSPS) is 27.1. The van der Waals surface area contributed by atoms with Crippen LogP contribution >= 0.6 is 0 Å². The molecular formula is C20H26N2O3. The Morgan fingerprint density at radius 2 is 1.64 bits per heavy atom. The molecular weight excluding hydrogens is 316 g/mol. The molecule has 3 fully saturated rings. The fraction of sp³-hybridized carbons (Fsp3) is 0.600. The second kappa shape index (κ2) is 6.79. The lowest BCUT2D eigenvalue weighted by Gasteiger charge is -2.41. The number of rotatable bonds is 3. The van der Waals surface area contributed by atoms with Gasteiger partial charge < -0.3 is 14.5 Å². The summed E-state index contributed by atoms with van der Waals surface area (Å²) < 4.78 is 5.94. The number of amides is 2. The van der Waals surface area contributed by atoms with E-state index in [0.29, 0.717) is 38.0 Å². The predicted molar refractivity (Wildman–Crippen MR) is 93.9 cm³/mol. The summed E-state index contributed by atoms with van der Waals surface area (Å²) >= 11 is 0. The highest BCUT2D eigenvalue weighted by molar-refractivity contribution is 6.35. The summed E-state index contributed by atoms with van der Waals surface area (Å²) in [6.45, 7) is 4.45. The van der Waals surface area contributed by atoms with Gasteiger partial charge >= 0.3 is 11.8 Å². The number of hydrogen-bond donors (Lipinski definition) is 0. The summed E-state index contributed by atoms with van der Waals surface area (Å²) in [5.74, 6) is 0.348. The van der Waals surface area contributed by atoms with Crippen LogP contribution in [0, 0.1) is 11.8 Å². The maximum Gasteiger partial charge on any atom is 0.312 e. The molecule has 134 valence electrons. The highest BCUT2D eigenvalue weighted by Gasteiger charge is 2.42. The largest absolute Gasteiger partial charge is 0.371 e. The minimum absolute atomic E-state index is 0.0123. The molecule has 2 saturated heterocycles. The van der Waals surface area contributed by atoms with E-state index in [1.165, 1.54) is 18.4 Å². The molecule has 2 heterocycles. The zero-order chi connectivity index (χ0) is 17.4. The lowest BCUT2D eigenvalue weighted by Crippen LogP contribution is -2.58. The highest BCUT2D eigenvalue weighted by atomic mass is 16.5. The minimum atomic E-state index is -0.348. The topological polar surface area (TPSA) is 49.9 Å². The van der Waals surface area contributed by atoms with E-state index in [-0.39, 0.29) is 24.0 Å². The Kier molecular flexibility index (Phi) is 4.50. The molecule has 2 amide bonds. The van der Waals surface area contributed by atoms with Crippen molar-refractivity contribution in [3.63, 3.8) is 0 Å².